The highest BCUT2D eigenvalue weighted by Gasteiger charge is 2.09. The van der Waals surface area contributed by atoms with Crippen LogP contribution in [0.2, 0.25) is 0 Å². The van der Waals surface area contributed by atoms with Gasteiger partial charge in [-0.25, -0.2) is 4.79 Å². The highest BCUT2D eigenvalue weighted by Crippen LogP contribution is 2.29. The number of hydrogen-bond donors (Lipinski definition) is 1. The van der Waals surface area contributed by atoms with Gasteiger partial charge in [-0.1, -0.05) is 35.5 Å². The molecular formula is C18H24O2. The van der Waals surface area contributed by atoms with Crippen LogP contribution in [0.1, 0.15) is 47.0 Å². The first-order valence-corrected chi connectivity index (χ1v) is 7.03. The summed E-state index contributed by atoms with van der Waals surface area (Å²) < 4.78 is 0. The number of carbonyl (C=O) groups is 1. The summed E-state index contributed by atoms with van der Waals surface area (Å²) in [6.07, 6.45) is 12.8. The van der Waals surface area contributed by atoms with E-state index in [-0.39, 0.29) is 0 Å². The zero-order chi connectivity index (χ0) is 15.1. The molecule has 0 unspecified atom stereocenters. The highest BCUT2D eigenvalue weighted by atomic mass is 16.4. The topological polar surface area (TPSA) is 37.3 Å². The predicted octanol–water partition coefficient (Wildman–Crippen LogP) is 4.97. The Kier molecular flexibility index (Phi) is 6.23. The van der Waals surface area contributed by atoms with Crippen LogP contribution in [0.15, 0.2) is 58.2 Å². The summed E-state index contributed by atoms with van der Waals surface area (Å²) in [6, 6.07) is 0. The van der Waals surface area contributed by atoms with E-state index in [0.29, 0.717) is 0 Å². The number of carboxylic acids is 1. The fraction of sp³-hybridized carbons (Fsp3) is 0.389. The molecule has 0 aliphatic heterocycles. The lowest BCUT2D eigenvalue weighted by atomic mass is 9.88. The Balaban J connectivity index is 2.78. The van der Waals surface area contributed by atoms with Crippen molar-refractivity contribution in [3.8, 4) is 0 Å². The van der Waals surface area contributed by atoms with Gasteiger partial charge < -0.3 is 5.11 Å². The van der Waals surface area contributed by atoms with E-state index in [1.807, 2.05) is 18.2 Å². The van der Waals surface area contributed by atoms with Crippen molar-refractivity contribution in [2.75, 3.05) is 0 Å². The standard InChI is InChI=1S/C18H24O2/c1-13(7-5-8-14(2)12-18(19)20)11-17-10-6-9-15(3)16(17)4/h5,7-8,11-12H,6,9-10H2,1-4H3,(H,19,20)/b8-5+,13-7-,14-12+,17-11?. The Hall–Kier alpha value is -1.83. The minimum Gasteiger partial charge on any atom is -0.478 e. The van der Waals surface area contributed by atoms with Crippen molar-refractivity contribution in [1.82, 2.24) is 0 Å². The summed E-state index contributed by atoms with van der Waals surface area (Å²) in [6.45, 7) is 8.26. The van der Waals surface area contributed by atoms with Crippen molar-refractivity contribution in [3.63, 3.8) is 0 Å². The van der Waals surface area contributed by atoms with Crippen LogP contribution in [0.4, 0.5) is 0 Å². The second-order valence-corrected chi connectivity index (χ2v) is 5.42. The van der Waals surface area contributed by atoms with E-state index >= 15 is 0 Å². The molecule has 0 aromatic carbocycles. The predicted molar refractivity (Wildman–Crippen MR) is 84.6 cm³/mol. The Morgan fingerprint density at radius 1 is 1.15 bits per heavy atom. The largest absolute Gasteiger partial charge is 0.478 e. The Morgan fingerprint density at radius 2 is 1.85 bits per heavy atom. The molecule has 0 spiro atoms. The van der Waals surface area contributed by atoms with Crippen molar-refractivity contribution in [2.45, 2.75) is 47.0 Å². The van der Waals surface area contributed by atoms with Crippen LogP contribution in [-0.4, -0.2) is 11.1 Å². The second-order valence-electron chi connectivity index (χ2n) is 5.42. The maximum atomic E-state index is 10.5. The molecule has 0 atom stereocenters. The number of aliphatic carboxylic acids is 1. The molecule has 0 saturated carbocycles. The van der Waals surface area contributed by atoms with Gasteiger partial charge in [0.2, 0.25) is 0 Å². The van der Waals surface area contributed by atoms with Crippen LogP contribution in [0.25, 0.3) is 0 Å². The molecule has 1 rings (SSSR count). The van der Waals surface area contributed by atoms with E-state index < -0.39 is 5.97 Å². The molecule has 2 nitrogen and oxygen atoms in total. The molecule has 20 heavy (non-hydrogen) atoms. The average molecular weight is 272 g/mol. The first-order valence-electron chi connectivity index (χ1n) is 7.03. The van der Waals surface area contributed by atoms with Crippen LogP contribution in [-0.2, 0) is 4.79 Å². The van der Waals surface area contributed by atoms with Gasteiger partial charge in [0.1, 0.15) is 0 Å². The number of carboxylic acid groups (broad SMARTS) is 1. The highest BCUT2D eigenvalue weighted by molar-refractivity contribution is 5.81. The maximum absolute atomic E-state index is 10.5. The van der Waals surface area contributed by atoms with Gasteiger partial charge >= 0.3 is 5.97 Å². The average Bonchev–Trinajstić information content (AvgIpc) is 2.34. The van der Waals surface area contributed by atoms with E-state index in [9.17, 15) is 4.79 Å². The van der Waals surface area contributed by atoms with E-state index in [1.165, 1.54) is 41.2 Å². The fourth-order valence-electron chi connectivity index (χ4n) is 2.29. The first kappa shape index (κ1) is 16.2. The van der Waals surface area contributed by atoms with Crippen molar-refractivity contribution in [3.05, 3.63) is 58.2 Å². The molecule has 0 bridgehead atoms. The monoisotopic (exact) mass is 272 g/mol. The SMILES string of the molecule is CC1=C(C)C(=C\C(C)=C/C=C/C(C)=C/C(=O)O)CCC1. The second kappa shape index (κ2) is 7.68. The van der Waals surface area contributed by atoms with Gasteiger partial charge in [0.15, 0.2) is 0 Å². The van der Waals surface area contributed by atoms with E-state index in [4.69, 9.17) is 5.11 Å². The molecule has 0 saturated heterocycles. The minimum atomic E-state index is -0.909. The van der Waals surface area contributed by atoms with Crippen molar-refractivity contribution in [1.29, 1.82) is 0 Å². The lowest BCUT2D eigenvalue weighted by Gasteiger charge is -2.18. The lowest BCUT2D eigenvalue weighted by Crippen LogP contribution is -1.98. The molecular weight excluding hydrogens is 248 g/mol. The van der Waals surface area contributed by atoms with Gasteiger partial charge in [0.05, 0.1) is 0 Å². The summed E-state index contributed by atoms with van der Waals surface area (Å²) in [5.41, 5.74) is 6.27. The van der Waals surface area contributed by atoms with Gasteiger partial charge in [0.25, 0.3) is 0 Å². The van der Waals surface area contributed by atoms with Gasteiger partial charge in [-0.15, -0.1) is 0 Å². The maximum Gasteiger partial charge on any atom is 0.328 e. The minimum absolute atomic E-state index is 0.735. The van der Waals surface area contributed by atoms with Gasteiger partial charge in [-0.2, -0.15) is 0 Å². The van der Waals surface area contributed by atoms with Crippen LogP contribution in [0, 0.1) is 0 Å². The third kappa shape index (κ3) is 5.43. The van der Waals surface area contributed by atoms with Crippen molar-refractivity contribution in [2.24, 2.45) is 0 Å². The van der Waals surface area contributed by atoms with Crippen LogP contribution < -0.4 is 0 Å². The Bertz CT molecular complexity index is 526. The van der Waals surface area contributed by atoms with Gasteiger partial charge in [0, 0.05) is 6.08 Å². The molecule has 0 aromatic heterocycles. The van der Waals surface area contributed by atoms with Crippen molar-refractivity contribution < 1.29 is 9.90 Å². The number of hydrogen-bond acceptors (Lipinski definition) is 1. The van der Waals surface area contributed by atoms with Crippen LogP contribution >= 0.6 is 0 Å². The molecule has 1 aliphatic rings. The third-order valence-corrected chi connectivity index (χ3v) is 3.59. The van der Waals surface area contributed by atoms with Crippen LogP contribution in [0.5, 0.6) is 0 Å². The van der Waals surface area contributed by atoms with E-state index in [1.54, 1.807) is 6.92 Å². The smallest absolute Gasteiger partial charge is 0.328 e. The summed E-state index contributed by atoms with van der Waals surface area (Å²) in [4.78, 5) is 10.5. The van der Waals surface area contributed by atoms with Crippen molar-refractivity contribution >= 4 is 5.97 Å². The molecule has 2 heteroatoms. The van der Waals surface area contributed by atoms with Gasteiger partial charge in [-0.3, -0.25) is 0 Å². The molecule has 0 fully saturated rings. The van der Waals surface area contributed by atoms with E-state index in [0.717, 1.165) is 12.0 Å². The molecule has 0 heterocycles. The van der Waals surface area contributed by atoms with Crippen LogP contribution in [0.3, 0.4) is 0 Å². The molecule has 108 valence electrons. The van der Waals surface area contributed by atoms with E-state index in [2.05, 4.69) is 26.8 Å². The molecule has 1 aliphatic carbocycles. The summed E-state index contributed by atoms with van der Waals surface area (Å²) in [5.74, 6) is -0.909. The summed E-state index contributed by atoms with van der Waals surface area (Å²) in [5, 5.41) is 8.62. The zero-order valence-corrected chi connectivity index (χ0v) is 12.9. The number of allylic oxidation sites excluding steroid dienone is 9. The lowest BCUT2D eigenvalue weighted by molar-refractivity contribution is -0.131. The number of rotatable bonds is 4. The quantitative estimate of drug-likeness (QED) is 0.579. The summed E-state index contributed by atoms with van der Waals surface area (Å²) >= 11 is 0. The summed E-state index contributed by atoms with van der Waals surface area (Å²) in [7, 11) is 0. The Labute approximate surface area is 121 Å². The first-order chi connectivity index (χ1) is 9.40. The Morgan fingerprint density at radius 3 is 2.50 bits per heavy atom. The molecule has 0 radical (unpaired) electrons. The molecule has 0 amide bonds. The molecule has 0 aromatic rings. The normalized spacial score (nSPS) is 20.1. The van der Waals surface area contributed by atoms with Gasteiger partial charge in [-0.05, 0) is 63.7 Å². The zero-order valence-electron chi connectivity index (χ0n) is 12.9. The third-order valence-electron chi connectivity index (χ3n) is 3.59. The fourth-order valence-corrected chi connectivity index (χ4v) is 2.29. The molecule has 1 N–H and O–H groups in total.